The highest BCUT2D eigenvalue weighted by Gasteiger charge is 2.95. The van der Waals surface area contributed by atoms with Crippen molar-refractivity contribution in [2.75, 3.05) is 6.61 Å². The molecule has 3 N–H and O–H groups in total. The van der Waals surface area contributed by atoms with Crippen LogP contribution >= 0.6 is 0 Å². The van der Waals surface area contributed by atoms with Gasteiger partial charge in [-0.3, -0.25) is 9.59 Å². The fourth-order valence-corrected chi connectivity index (χ4v) is 14.7. The lowest BCUT2D eigenvalue weighted by Crippen LogP contribution is -2.72. The van der Waals surface area contributed by atoms with E-state index in [2.05, 4.69) is 51.7 Å². The van der Waals surface area contributed by atoms with Gasteiger partial charge in [-0.2, -0.15) is 0 Å². The van der Waals surface area contributed by atoms with Crippen molar-refractivity contribution in [3.05, 3.63) is 58.7 Å². The molecule has 62 heavy (non-hydrogen) atoms. The zero-order valence-electron chi connectivity index (χ0n) is 37.4. The Morgan fingerprint density at radius 2 is 1.71 bits per heavy atom. The van der Waals surface area contributed by atoms with Crippen LogP contribution in [-0.4, -0.2) is 93.3 Å². The van der Waals surface area contributed by atoms with E-state index < -0.39 is 47.1 Å². The zero-order chi connectivity index (χ0) is 43.7. The quantitative estimate of drug-likeness (QED) is 0.0843. The molecule has 3 heterocycles. The Kier molecular flexibility index (Phi) is 10.3. The van der Waals surface area contributed by atoms with Crippen LogP contribution in [-0.2, 0) is 38.1 Å². The predicted octanol–water partition coefficient (Wildman–Crippen LogP) is 7.07. The second kappa shape index (κ2) is 15.0. The summed E-state index contributed by atoms with van der Waals surface area (Å²) in [5.41, 5.74) is 1.59. The highest BCUT2D eigenvalue weighted by Crippen LogP contribution is 2.80. The van der Waals surface area contributed by atoms with Crippen LogP contribution in [0, 0.1) is 46.3 Å². The van der Waals surface area contributed by atoms with E-state index in [0.29, 0.717) is 56.5 Å². The molecule has 15 atom stereocenters. The number of aliphatic hydroxyl groups is 3. The molecule has 10 rings (SSSR count). The topological polar surface area (TPSA) is 165 Å². The summed E-state index contributed by atoms with van der Waals surface area (Å²) < 4.78 is 31.3. The number of hydrogen-bond acceptors (Lipinski definition) is 11. The van der Waals surface area contributed by atoms with Crippen molar-refractivity contribution in [1.29, 1.82) is 0 Å². The van der Waals surface area contributed by atoms with Crippen LogP contribution in [0.5, 0.6) is 0 Å². The van der Waals surface area contributed by atoms with Gasteiger partial charge in [0, 0.05) is 23.8 Å². The van der Waals surface area contributed by atoms with E-state index in [-0.39, 0.29) is 65.7 Å². The van der Waals surface area contributed by atoms with Gasteiger partial charge in [0.25, 0.3) is 0 Å². The SMILES string of the molecule is C=C1/C(=C\C=C2/CCC[C@@]3(C)C2CCC3[C@@H](C)/C=C/C(OC(=O)CCC(=O)O[C@H]2[C@]34O[C@H]3CC3C5=C(CC[C@]3(C)[C@@]43O[C@H]3C[C@@]2(O)C(C)C)C(=O)OC5)C2CC2)C[C@@H](O)C[C@@H]1O. The number of hydrogen-bond donors (Lipinski definition) is 3. The van der Waals surface area contributed by atoms with Gasteiger partial charge in [-0.1, -0.05) is 65.0 Å². The maximum Gasteiger partial charge on any atom is 0.334 e. The Bertz CT molecular complexity index is 2040. The summed E-state index contributed by atoms with van der Waals surface area (Å²) in [6.45, 7) is 15.2. The number of epoxide rings is 2. The van der Waals surface area contributed by atoms with Gasteiger partial charge in [-0.05, 0) is 134 Å². The third kappa shape index (κ3) is 6.39. The molecule has 4 unspecified atom stereocenters. The average Bonchev–Trinajstić information content (AvgIpc) is 4.18. The number of ether oxygens (including phenoxy) is 5. The van der Waals surface area contributed by atoms with Gasteiger partial charge in [0.15, 0.2) is 11.7 Å². The second-order valence-electron chi connectivity index (χ2n) is 21.9. The van der Waals surface area contributed by atoms with E-state index in [4.69, 9.17) is 23.7 Å². The molecule has 10 aliphatic rings. The normalized spacial score (nSPS) is 46.3. The number of allylic oxidation sites excluding steroid dienone is 4. The molecule has 0 amide bonds. The van der Waals surface area contributed by atoms with Gasteiger partial charge in [0.05, 0.1) is 37.3 Å². The first-order chi connectivity index (χ1) is 29.5. The van der Waals surface area contributed by atoms with E-state index in [1.54, 1.807) is 0 Å². The van der Waals surface area contributed by atoms with Gasteiger partial charge >= 0.3 is 17.9 Å². The number of rotatable bonds is 11. The second-order valence-corrected chi connectivity index (χ2v) is 21.9. The van der Waals surface area contributed by atoms with Crippen LogP contribution in [0.15, 0.2) is 58.7 Å². The molecular formula is C51H68O11. The van der Waals surface area contributed by atoms with E-state index in [0.717, 1.165) is 67.2 Å². The maximum absolute atomic E-state index is 13.8. The summed E-state index contributed by atoms with van der Waals surface area (Å²) in [7, 11) is 0. The standard InChI is InChI=1S/C51H68O11/c1-27(2)49(57)25-42-51(62-42)48(6)21-19-34-35(26-58-45(34)56)38(48)24-41-50(51,61-41)46(49)60-44(55)18-17-43(54)59-40(31-11-12-31)16-9-28(3)36-14-15-37-30(8-7-20-47(36,37)5)10-13-32-22-33(52)23-39(53)29(32)4/h9-10,13,16,27-28,31,33,36-42,46,52-53,57H,4,7-8,11-12,14-15,17-26H2,1-3,5-6H3/b16-9+,30-10+,32-13-/t28-,33+,36?,37?,38?,39-,40?,41-,42-,46+,47+,48-,49+,50+,51+/m0/s1. The first kappa shape index (κ1) is 42.8. The number of cyclic esters (lactones) is 1. The minimum atomic E-state index is -1.38. The van der Waals surface area contributed by atoms with Crippen molar-refractivity contribution in [3.63, 3.8) is 0 Å². The molecule has 0 aromatic heterocycles. The molecule has 8 fully saturated rings. The summed E-state index contributed by atoms with van der Waals surface area (Å²) in [6.07, 6.45) is 16.1. The number of esters is 3. The van der Waals surface area contributed by atoms with E-state index >= 15 is 0 Å². The summed E-state index contributed by atoms with van der Waals surface area (Å²) in [4.78, 5) is 39.8. The molecule has 0 bridgehead atoms. The van der Waals surface area contributed by atoms with Crippen LogP contribution in [0.25, 0.3) is 0 Å². The number of carbonyl (C=O) groups is 3. The first-order valence-electron chi connectivity index (χ1n) is 24.0. The van der Waals surface area contributed by atoms with Gasteiger partial charge < -0.3 is 39.0 Å². The molecule has 11 heteroatoms. The Morgan fingerprint density at radius 1 is 0.935 bits per heavy atom. The van der Waals surface area contributed by atoms with Crippen molar-refractivity contribution >= 4 is 17.9 Å². The molecule has 0 aromatic rings. The van der Waals surface area contributed by atoms with Crippen molar-refractivity contribution in [3.8, 4) is 0 Å². The minimum Gasteiger partial charge on any atom is -0.458 e. The summed E-state index contributed by atoms with van der Waals surface area (Å²) in [5.74, 6) is 0.105. The first-order valence-corrected chi connectivity index (χ1v) is 24.0. The highest BCUT2D eigenvalue weighted by atomic mass is 16.7. The third-order valence-corrected chi connectivity index (χ3v) is 18.5. The van der Waals surface area contributed by atoms with Crippen LogP contribution < -0.4 is 0 Å². The van der Waals surface area contributed by atoms with Crippen LogP contribution in [0.1, 0.15) is 131 Å². The fourth-order valence-electron chi connectivity index (χ4n) is 14.7. The Hall–Kier alpha value is -3.09. The van der Waals surface area contributed by atoms with Gasteiger partial charge in [-0.15, -0.1) is 0 Å². The van der Waals surface area contributed by atoms with E-state index in [1.807, 2.05) is 13.8 Å². The molecule has 6 saturated carbocycles. The lowest BCUT2D eigenvalue weighted by molar-refractivity contribution is -0.206. The summed E-state index contributed by atoms with van der Waals surface area (Å²) >= 11 is 0. The lowest BCUT2D eigenvalue weighted by atomic mass is 9.46. The molecule has 2 spiro atoms. The zero-order valence-corrected chi connectivity index (χ0v) is 37.4. The molecule has 7 aliphatic carbocycles. The van der Waals surface area contributed by atoms with E-state index in [1.165, 1.54) is 12.0 Å². The highest BCUT2D eigenvalue weighted by molar-refractivity contribution is 5.92. The van der Waals surface area contributed by atoms with Crippen LogP contribution in [0.4, 0.5) is 0 Å². The van der Waals surface area contributed by atoms with Crippen LogP contribution in [0.3, 0.4) is 0 Å². The van der Waals surface area contributed by atoms with Gasteiger partial charge in [-0.25, -0.2) is 4.79 Å². The van der Waals surface area contributed by atoms with Crippen molar-refractivity contribution in [2.45, 2.75) is 184 Å². The Balaban J connectivity index is 0.778. The molecule has 3 aliphatic heterocycles. The average molecular weight is 857 g/mol. The molecular weight excluding hydrogens is 789 g/mol. The van der Waals surface area contributed by atoms with Crippen molar-refractivity contribution in [2.24, 2.45) is 46.3 Å². The van der Waals surface area contributed by atoms with Crippen molar-refractivity contribution < 1.29 is 53.4 Å². The molecule has 0 radical (unpaired) electrons. The molecule has 11 nitrogen and oxygen atoms in total. The largest absolute Gasteiger partial charge is 0.458 e. The predicted molar refractivity (Wildman–Crippen MR) is 228 cm³/mol. The fraction of sp³-hybridized carbons (Fsp3) is 0.745. The summed E-state index contributed by atoms with van der Waals surface area (Å²) in [5, 5.41) is 33.0. The van der Waals surface area contributed by atoms with Crippen LogP contribution in [0.2, 0.25) is 0 Å². The minimum absolute atomic E-state index is 0.0429. The number of carbonyl (C=O) groups excluding carboxylic acids is 3. The molecule has 0 aromatic carbocycles. The maximum atomic E-state index is 13.8. The monoisotopic (exact) mass is 856 g/mol. The molecule has 338 valence electrons. The Morgan fingerprint density at radius 3 is 2.47 bits per heavy atom. The van der Waals surface area contributed by atoms with Gasteiger partial charge in [0.2, 0.25) is 0 Å². The number of aliphatic hydroxyl groups excluding tert-OH is 2. The van der Waals surface area contributed by atoms with E-state index in [9.17, 15) is 29.7 Å². The lowest BCUT2D eigenvalue weighted by Gasteiger charge is -2.56. The summed E-state index contributed by atoms with van der Waals surface area (Å²) in [6, 6.07) is 0. The molecule has 2 saturated heterocycles. The van der Waals surface area contributed by atoms with Crippen molar-refractivity contribution in [1.82, 2.24) is 0 Å². The van der Waals surface area contributed by atoms with Gasteiger partial charge in [0.1, 0.15) is 23.9 Å². The number of fused-ring (bicyclic) bond motifs is 3. The Labute approximate surface area is 366 Å². The third-order valence-electron chi connectivity index (χ3n) is 18.5. The smallest absolute Gasteiger partial charge is 0.334 e.